The summed E-state index contributed by atoms with van der Waals surface area (Å²) < 4.78 is 28.5. The Labute approximate surface area is 482 Å². The molecule has 6 atom stereocenters. The van der Waals surface area contributed by atoms with Crippen molar-refractivity contribution >= 4 is 23.9 Å². The summed E-state index contributed by atoms with van der Waals surface area (Å²) >= 11 is 0. The quantitative estimate of drug-likeness (QED) is 0.0228. The fraction of sp³-hybridized carbons (Fsp3) is 0.821. The maximum Gasteiger partial charge on any atom is 0.335 e. The Balaban J connectivity index is 2.65. The van der Waals surface area contributed by atoms with Crippen molar-refractivity contribution in [1.82, 2.24) is 0 Å². The standard InChI is InChI=1S/C67H118O12/c1-4-7-10-13-16-19-22-25-28-29-30-31-34-37-40-43-46-49-52-55-61(70)78-65-63(72)62(71)64(66(73)74)79-67(65)76-57-58(77-60(69)54-51-48-45-42-39-36-33-27-24-21-18-15-12-9-6-3)56-75-59(68)53-50-47-44-41-38-35-32-26-23-20-17-14-11-8-5-2/h16,19,25-28,32-33,58,62-65,67,71-72H,4-15,17-18,20-24,29-31,34-57H2,1-3H3,(H,73,74)/b19-16-,28-25-,32-26-,33-27-. The molecule has 3 N–H and O–H groups in total. The van der Waals surface area contributed by atoms with Gasteiger partial charge in [0.2, 0.25) is 0 Å². The maximum absolute atomic E-state index is 13.2. The van der Waals surface area contributed by atoms with Crippen LogP contribution in [0.3, 0.4) is 0 Å². The van der Waals surface area contributed by atoms with Gasteiger partial charge in [-0.15, -0.1) is 0 Å². The van der Waals surface area contributed by atoms with Crippen LogP contribution in [0.25, 0.3) is 0 Å². The number of aliphatic hydroxyl groups is 2. The molecule has 1 aliphatic heterocycles. The van der Waals surface area contributed by atoms with Gasteiger partial charge in [0.15, 0.2) is 24.6 Å². The molecule has 1 heterocycles. The number of carbonyl (C=O) groups excluding carboxylic acids is 3. The van der Waals surface area contributed by atoms with Gasteiger partial charge in [-0.1, -0.05) is 230 Å². The van der Waals surface area contributed by atoms with Crippen molar-refractivity contribution in [2.75, 3.05) is 13.2 Å². The van der Waals surface area contributed by atoms with Crippen LogP contribution in [-0.2, 0) is 42.9 Å². The van der Waals surface area contributed by atoms with Crippen molar-refractivity contribution < 1.29 is 58.2 Å². The minimum atomic E-state index is -1.91. The second kappa shape index (κ2) is 55.2. The Hall–Kier alpha value is -3.32. The molecule has 0 aliphatic carbocycles. The molecule has 1 aliphatic rings. The number of hydrogen-bond acceptors (Lipinski definition) is 11. The third-order valence-corrected chi connectivity index (χ3v) is 14.8. The number of hydrogen-bond donors (Lipinski definition) is 3. The van der Waals surface area contributed by atoms with E-state index in [4.69, 9.17) is 23.7 Å². The number of unbranched alkanes of at least 4 members (excludes halogenated alkanes) is 34. The van der Waals surface area contributed by atoms with E-state index < -0.39 is 67.3 Å². The molecule has 0 spiro atoms. The Morgan fingerprint density at radius 1 is 0.418 bits per heavy atom. The van der Waals surface area contributed by atoms with Crippen LogP contribution in [0, 0.1) is 0 Å². The van der Waals surface area contributed by atoms with E-state index >= 15 is 0 Å². The molecule has 0 aromatic heterocycles. The van der Waals surface area contributed by atoms with E-state index in [-0.39, 0.29) is 25.9 Å². The highest BCUT2D eigenvalue weighted by molar-refractivity contribution is 5.74. The lowest BCUT2D eigenvalue weighted by Gasteiger charge is -2.40. The fourth-order valence-electron chi connectivity index (χ4n) is 9.80. The first-order valence-corrected chi connectivity index (χ1v) is 32.6. The highest BCUT2D eigenvalue weighted by Gasteiger charge is 2.50. The minimum Gasteiger partial charge on any atom is -0.479 e. The number of aliphatic carboxylic acids is 1. The van der Waals surface area contributed by atoms with Crippen LogP contribution in [0.2, 0.25) is 0 Å². The van der Waals surface area contributed by atoms with Crippen LogP contribution < -0.4 is 0 Å². The van der Waals surface area contributed by atoms with Gasteiger partial charge in [-0.05, 0) is 103 Å². The van der Waals surface area contributed by atoms with Crippen molar-refractivity contribution in [1.29, 1.82) is 0 Å². The van der Waals surface area contributed by atoms with Crippen LogP contribution in [-0.4, -0.2) is 89.2 Å². The van der Waals surface area contributed by atoms with Gasteiger partial charge in [-0.25, -0.2) is 4.79 Å². The summed E-state index contributed by atoms with van der Waals surface area (Å²) in [6.45, 7) is 5.98. The number of esters is 3. The Morgan fingerprint density at radius 3 is 1.18 bits per heavy atom. The first kappa shape index (κ1) is 73.7. The number of ether oxygens (including phenoxy) is 5. The first-order valence-electron chi connectivity index (χ1n) is 32.6. The molecule has 0 amide bonds. The first-order chi connectivity index (χ1) is 38.6. The van der Waals surface area contributed by atoms with Crippen molar-refractivity contribution in [3.8, 4) is 0 Å². The molecule has 0 aromatic carbocycles. The maximum atomic E-state index is 13.2. The van der Waals surface area contributed by atoms with Gasteiger partial charge in [-0.3, -0.25) is 14.4 Å². The summed E-state index contributed by atoms with van der Waals surface area (Å²) in [5, 5.41) is 31.6. The zero-order chi connectivity index (χ0) is 57.5. The van der Waals surface area contributed by atoms with Crippen molar-refractivity contribution in [2.24, 2.45) is 0 Å². The van der Waals surface area contributed by atoms with Gasteiger partial charge >= 0.3 is 23.9 Å². The van der Waals surface area contributed by atoms with E-state index in [9.17, 15) is 34.5 Å². The summed E-state index contributed by atoms with van der Waals surface area (Å²) in [6.07, 6.45) is 54.9. The average molecular weight is 1120 g/mol. The zero-order valence-electron chi connectivity index (χ0n) is 50.6. The van der Waals surface area contributed by atoms with E-state index in [2.05, 4.69) is 69.4 Å². The number of rotatable bonds is 56. The number of carbonyl (C=O) groups is 4. The molecule has 1 saturated heterocycles. The molecule has 458 valence electrons. The molecule has 1 fully saturated rings. The second-order valence-corrected chi connectivity index (χ2v) is 22.4. The normalized spacial score (nSPS) is 18.1. The van der Waals surface area contributed by atoms with Gasteiger partial charge in [0, 0.05) is 19.3 Å². The zero-order valence-corrected chi connectivity index (χ0v) is 50.6. The van der Waals surface area contributed by atoms with Crippen molar-refractivity contribution in [2.45, 2.75) is 340 Å². The summed E-state index contributed by atoms with van der Waals surface area (Å²) in [7, 11) is 0. The van der Waals surface area contributed by atoms with E-state index in [1.807, 2.05) is 0 Å². The van der Waals surface area contributed by atoms with Gasteiger partial charge in [0.25, 0.3) is 0 Å². The summed E-state index contributed by atoms with van der Waals surface area (Å²) in [5.74, 6) is -3.12. The summed E-state index contributed by atoms with van der Waals surface area (Å²) in [5.41, 5.74) is 0. The highest BCUT2D eigenvalue weighted by atomic mass is 16.7. The SMILES string of the molecule is CCCCC/C=C\C/C=C\CCCCCCCCCCCC(=O)OC1C(OCC(COC(=O)CCCCCCC/C=C\CCCCCCCC)OC(=O)CCCCCCC/C=C\CCCCCCCC)OC(C(=O)O)C(O)C1O. The van der Waals surface area contributed by atoms with E-state index in [1.54, 1.807) is 0 Å². The van der Waals surface area contributed by atoms with Crippen molar-refractivity contribution in [3.63, 3.8) is 0 Å². The number of aliphatic hydroxyl groups excluding tert-OH is 2. The molecule has 6 unspecified atom stereocenters. The fourth-order valence-corrected chi connectivity index (χ4v) is 9.80. The Morgan fingerprint density at radius 2 is 0.759 bits per heavy atom. The van der Waals surface area contributed by atoms with Crippen LogP contribution in [0.15, 0.2) is 48.6 Å². The lowest BCUT2D eigenvalue weighted by Crippen LogP contribution is -2.61. The molecule has 0 radical (unpaired) electrons. The van der Waals surface area contributed by atoms with E-state index in [1.165, 1.54) is 128 Å². The minimum absolute atomic E-state index is 0.0554. The van der Waals surface area contributed by atoms with E-state index in [0.29, 0.717) is 19.3 Å². The molecule has 0 aromatic rings. The predicted molar refractivity (Wildman–Crippen MR) is 322 cm³/mol. The monoisotopic (exact) mass is 1110 g/mol. The average Bonchev–Trinajstić information content (AvgIpc) is 3.44. The lowest BCUT2D eigenvalue weighted by molar-refractivity contribution is -0.301. The topological polar surface area (TPSA) is 175 Å². The third kappa shape index (κ3) is 45.0. The Bertz CT molecular complexity index is 1560. The van der Waals surface area contributed by atoms with Gasteiger partial charge < -0.3 is 39.0 Å². The highest BCUT2D eigenvalue weighted by Crippen LogP contribution is 2.27. The van der Waals surface area contributed by atoms with Crippen LogP contribution in [0.4, 0.5) is 0 Å². The molecule has 0 saturated carbocycles. The van der Waals surface area contributed by atoms with E-state index in [0.717, 1.165) is 116 Å². The smallest absolute Gasteiger partial charge is 0.335 e. The van der Waals surface area contributed by atoms with Crippen LogP contribution >= 0.6 is 0 Å². The molecule has 12 heteroatoms. The Kier molecular flexibility index (Phi) is 51.5. The summed E-state index contributed by atoms with van der Waals surface area (Å²) in [4.78, 5) is 51.3. The van der Waals surface area contributed by atoms with Gasteiger partial charge in [-0.2, -0.15) is 0 Å². The third-order valence-electron chi connectivity index (χ3n) is 14.8. The largest absolute Gasteiger partial charge is 0.479 e. The number of carboxylic acids is 1. The van der Waals surface area contributed by atoms with Gasteiger partial charge in [0.05, 0.1) is 6.61 Å². The number of allylic oxidation sites excluding steroid dienone is 8. The molecular weight excluding hydrogens is 997 g/mol. The molecule has 79 heavy (non-hydrogen) atoms. The second-order valence-electron chi connectivity index (χ2n) is 22.4. The van der Waals surface area contributed by atoms with Crippen LogP contribution in [0.5, 0.6) is 0 Å². The lowest BCUT2D eigenvalue weighted by atomic mass is 9.98. The predicted octanol–water partition coefficient (Wildman–Crippen LogP) is 17.3. The number of carboxylic acid groups (broad SMARTS) is 1. The molecule has 1 rings (SSSR count). The molecule has 0 bridgehead atoms. The van der Waals surface area contributed by atoms with Crippen molar-refractivity contribution in [3.05, 3.63) is 48.6 Å². The van der Waals surface area contributed by atoms with Crippen LogP contribution in [0.1, 0.15) is 303 Å². The van der Waals surface area contributed by atoms with Gasteiger partial charge in [0.1, 0.15) is 18.8 Å². The summed E-state index contributed by atoms with van der Waals surface area (Å²) in [6, 6.07) is 0. The molecule has 12 nitrogen and oxygen atoms in total. The molecular formula is C67H118O12.